The molecule has 6 nitrogen and oxygen atoms in total. The molecule has 0 radical (unpaired) electrons. The lowest BCUT2D eigenvalue weighted by atomic mass is 10.1. The Bertz CT molecular complexity index is 586. The second-order valence-corrected chi connectivity index (χ2v) is 6.20. The lowest BCUT2D eigenvalue weighted by molar-refractivity contribution is -0.119. The smallest absolute Gasteiger partial charge is 0.238 e. The standard InChI is InChI=1S/C12H13Br2N3O3/c1-20-9-5-8(6(13)4-7(9)14)16-11(18)12(2-3-12)10(15)17-19/h4-5,19H,2-3H2,1H3,(H2,15,17)(H,16,18). The summed E-state index contributed by atoms with van der Waals surface area (Å²) in [6, 6.07) is 3.46. The number of ether oxygens (including phenoxy) is 1. The third-order valence-corrected chi connectivity index (χ3v) is 4.55. The maximum atomic E-state index is 12.3. The summed E-state index contributed by atoms with van der Waals surface area (Å²) in [5, 5.41) is 14.5. The number of nitrogens with two attached hydrogens (primary N) is 1. The molecular formula is C12H13Br2N3O3. The first kappa shape index (κ1) is 15.1. The second-order valence-electron chi connectivity index (χ2n) is 4.49. The molecule has 1 aliphatic carbocycles. The number of nitrogens with zero attached hydrogens (tertiary/aromatic N) is 1. The van der Waals surface area contributed by atoms with Crippen molar-refractivity contribution in [3.8, 4) is 5.75 Å². The lowest BCUT2D eigenvalue weighted by Gasteiger charge is -2.15. The Morgan fingerprint density at radius 1 is 1.45 bits per heavy atom. The number of nitrogens with one attached hydrogen (secondary N) is 1. The van der Waals surface area contributed by atoms with Gasteiger partial charge >= 0.3 is 0 Å². The number of oxime groups is 1. The van der Waals surface area contributed by atoms with Crippen LogP contribution < -0.4 is 15.8 Å². The molecule has 2 rings (SSSR count). The summed E-state index contributed by atoms with van der Waals surface area (Å²) in [6.45, 7) is 0. The van der Waals surface area contributed by atoms with Crippen molar-refractivity contribution < 1.29 is 14.7 Å². The molecule has 0 aliphatic heterocycles. The molecule has 8 heteroatoms. The third kappa shape index (κ3) is 2.62. The van der Waals surface area contributed by atoms with Gasteiger partial charge < -0.3 is 21.0 Å². The number of rotatable bonds is 4. The number of carbonyl (C=O) groups is 1. The van der Waals surface area contributed by atoms with Gasteiger partial charge in [0.2, 0.25) is 5.91 Å². The molecule has 1 aromatic rings. The average Bonchev–Trinajstić information content (AvgIpc) is 3.22. The summed E-state index contributed by atoms with van der Waals surface area (Å²) in [5.41, 5.74) is 5.25. The number of carbonyl (C=O) groups excluding carboxylic acids is 1. The first-order valence-electron chi connectivity index (χ1n) is 5.77. The quantitative estimate of drug-likeness (QED) is 0.310. The van der Waals surface area contributed by atoms with Crippen molar-refractivity contribution in [2.45, 2.75) is 12.8 Å². The fraction of sp³-hybridized carbons (Fsp3) is 0.333. The van der Waals surface area contributed by atoms with Crippen LogP contribution in [-0.2, 0) is 4.79 Å². The molecule has 0 saturated heterocycles. The zero-order valence-electron chi connectivity index (χ0n) is 10.6. The van der Waals surface area contributed by atoms with E-state index in [-0.39, 0.29) is 11.7 Å². The van der Waals surface area contributed by atoms with Crippen molar-refractivity contribution in [3.05, 3.63) is 21.1 Å². The first-order chi connectivity index (χ1) is 9.44. The van der Waals surface area contributed by atoms with Crippen LogP contribution in [0.5, 0.6) is 5.75 Å². The number of benzene rings is 1. The van der Waals surface area contributed by atoms with Crippen LogP contribution in [0.15, 0.2) is 26.2 Å². The van der Waals surface area contributed by atoms with E-state index in [9.17, 15) is 4.79 Å². The molecule has 108 valence electrons. The highest BCUT2D eigenvalue weighted by Crippen LogP contribution is 2.47. The molecule has 0 heterocycles. The average molecular weight is 407 g/mol. The van der Waals surface area contributed by atoms with Crippen molar-refractivity contribution in [1.29, 1.82) is 0 Å². The highest BCUT2D eigenvalue weighted by Gasteiger charge is 2.54. The first-order valence-corrected chi connectivity index (χ1v) is 7.35. The molecule has 0 aromatic heterocycles. The van der Waals surface area contributed by atoms with Gasteiger partial charge in [0.05, 0.1) is 17.3 Å². The minimum atomic E-state index is -0.894. The summed E-state index contributed by atoms with van der Waals surface area (Å²) in [4.78, 5) is 12.3. The van der Waals surface area contributed by atoms with E-state index in [1.807, 2.05) is 0 Å². The van der Waals surface area contributed by atoms with Crippen molar-refractivity contribution in [1.82, 2.24) is 0 Å². The van der Waals surface area contributed by atoms with Gasteiger partial charge in [-0.2, -0.15) is 0 Å². The number of halogens is 2. The van der Waals surface area contributed by atoms with Crippen LogP contribution in [0.2, 0.25) is 0 Å². The summed E-state index contributed by atoms with van der Waals surface area (Å²) in [5.74, 6) is 0.241. The molecule has 1 aliphatic rings. The monoisotopic (exact) mass is 405 g/mol. The molecule has 20 heavy (non-hydrogen) atoms. The second kappa shape index (κ2) is 5.61. The summed E-state index contributed by atoms with van der Waals surface area (Å²) < 4.78 is 6.65. The maximum Gasteiger partial charge on any atom is 0.238 e. The Labute approximate surface area is 132 Å². The minimum Gasteiger partial charge on any atom is -0.495 e. The Kier molecular flexibility index (Phi) is 4.24. The molecule has 1 aromatic carbocycles. The number of anilines is 1. The van der Waals surface area contributed by atoms with Gasteiger partial charge in [0.1, 0.15) is 11.2 Å². The zero-order valence-corrected chi connectivity index (χ0v) is 13.8. The lowest BCUT2D eigenvalue weighted by Crippen LogP contribution is -2.36. The van der Waals surface area contributed by atoms with Crippen LogP contribution in [0.25, 0.3) is 0 Å². The normalized spacial score (nSPS) is 16.6. The van der Waals surface area contributed by atoms with Gasteiger partial charge in [-0.05, 0) is 50.8 Å². The van der Waals surface area contributed by atoms with Crippen molar-refractivity contribution in [2.24, 2.45) is 16.3 Å². The van der Waals surface area contributed by atoms with Crippen LogP contribution in [0, 0.1) is 5.41 Å². The third-order valence-electron chi connectivity index (χ3n) is 3.27. The molecule has 1 fully saturated rings. The molecule has 1 amide bonds. The highest BCUT2D eigenvalue weighted by atomic mass is 79.9. The van der Waals surface area contributed by atoms with E-state index >= 15 is 0 Å². The predicted molar refractivity (Wildman–Crippen MR) is 82.1 cm³/mol. The number of methoxy groups -OCH3 is 1. The van der Waals surface area contributed by atoms with Crippen LogP contribution >= 0.6 is 31.9 Å². The number of amides is 1. The van der Waals surface area contributed by atoms with Crippen LogP contribution in [0.1, 0.15) is 12.8 Å². The van der Waals surface area contributed by atoms with Crippen LogP contribution in [-0.4, -0.2) is 24.1 Å². The SMILES string of the molecule is COc1cc(NC(=O)C2(/C(N)=N/O)CC2)c(Br)cc1Br. The van der Waals surface area contributed by atoms with Gasteiger partial charge in [-0.3, -0.25) is 4.79 Å². The molecular weight excluding hydrogens is 394 g/mol. The summed E-state index contributed by atoms with van der Waals surface area (Å²) in [7, 11) is 1.54. The van der Waals surface area contributed by atoms with Crippen LogP contribution in [0.3, 0.4) is 0 Å². The van der Waals surface area contributed by atoms with Gasteiger partial charge in [0.25, 0.3) is 0 Å². The van der Waals surface area contributed by atoms with E-state index in [1.165, 1.54) is 0 Å². The largest absolute Gasteiger partial charge is 0.495 e. The van der Waals surface area contributed by atoms with E-state index in [1.54, 1.807) is 19.2 Å². The van der Waals surface area contributed by atoms with Gasteiger partial charge in [0.15, 0.2) is 5.84 Å². The van der Waals surface area contributed by atoms with Crippen molar-refractivity contribution in [2.75, 3.05) is 12.4 Å². The molecule has 0 spiro atoms. The molecule has 0 atom stereocenters. The number of amidine groups is 1. The van der Waals surface area contributed by atoms with Crippen molar-refractivity contribution >= 4 is 49.3 Å². The molecule has 4 N–H and O–H groups in total. The summed E-state index contributed by atoms with van der Waals surface area (Å²) >= 11 is 6.72. The van der Waals surface area contributed by atoms with Gasteiger partial charge in [0, 0.05) is 10.5 Å². The number of hydrogen-bond acceptors (Lipinski definition) is 4. The molecule has 0 bridgehead atoms. The Hall–Kier alpha value is -1.28. The van der Waals surface area contributed by atoms with Gasteiger partial charge in [-0.1, -0.05) is 5.16 Å². The van der Waals surface area contributed by atoms with Gasteiger partial charge in [-0.25, -0.2) is 0 Å². The minimum absolute atomic E-state index is 0.0600. The Balaban J connectivity index is 2.25. The van der Waals surface area contributed by atoms with E-state index in [0.717, 1.165) is 4.47 Å². The zero-order chi connectivity index (χ0) is 14.9. The fourth-order valence-electron chi connectivity index (χ4n) is 1.84. The Morgan fingerprint density at radius 2 is 2.10 bits per heavy atom. The van der Waals surface area contributed by atoms with E-state index in [0.29, 0.717) is 28.8 Å². The molecule has 0 unspecified atom stereocenters. The van der Waals surface area contributed by atoms with E-state index < -0.39 is 5.41 Å². The Morgan fingerprint density at radius 3 is 2.60 bits per heavy atom. The van der Waals surface area contributed by atoms with Crippen molar-refractivity contribution in [3.63, 3.8) is 0 Å². The topological polar surface area (TPSA) is 96.9 Å². The predicted octanol–water partition coefficient (Wildman–Crippen LogP) is 2.69. The van der Waals surface area contributed by atoms with E-state index in [2.05, 4.69) is 42.3 Å². The highest BCUT2D eigenvalue weighted by molar-refractivity contribution is 9.11. The van der Waals surface area contributed by atoms with Gasteiger partial charge in [-0.15, -0.1) is 0 Å². The molecule has 1 saturated carbocycles. The van der Waals surface area contributed by atoms with Crippen LogP contribution in [0.4, 0.5) is 5.69 Å². The summed E-state index contributed by atoms with van der Waals surface area (Å²) in [6.07, 6.45) is 1.14. The maximum absolute atomic E-state index is 12.3. The fourth-order valence-corrected chi connectivity index (χ4v) is 3.10. The van der Waals surface area contributed by atoms with E-state index in [4.69, 9.17) is 15.7 Å². The number of hydrogen-bond donors (Lipinski definition) is 3.